The topological polar surface area (TPSA) is 55.9 Å². The van der Waals surface area contributed by atoms with Gasteiger partial charge in [-0.15, -0.1) is 0 Å². The molecule has 0 spiro atoms. The molecule has 1 aromatic rings. The van der Waals surface area contributed by atoms with Gasteiger partial charge in [-0.3, -0.25) is 0 Å². The summed E-state index contributed by atoms with van der Waals surface area (Å²) in [5, 5.41) is 7.91. The molecule has 0 fully saturated rings. The second kappa shape index (κ2) is 4.76. The predicted molar refractivity (Wildman–Crippen MR) is 69.7 cm³/mol. The van der Waals surface area contributed by atoms with Gasteiger partial charge in [0.2, 0.25) is 0 Å². The van der Waals surface area contributed by atoms with Crippen LogP contribution in [0.25, 0.3) is 0 Å². The molecule has 0 aliphatic rings. The van der Waals surface area contributed by atoms with Gasteiger partial charge in [0.15, 0.2) is 0 Å². The van der Waals surface area contributed by atoms with Crippen molar-refractivity contribution in [2.75, 3.05) is 11.1 Å². The quantitative estimate of drug-likeness (QED) is 0.827. The van der Waals surface area contributed by atoms with Crippen molar-refractivity contribution in [2.24, 2.45) is 5.92 Å². The Morgan fingerprint density at radius 1 is 1.19 bits per heavy atom. The van der Waals surface area contributed by atoms with E-state index in [1.807, 2.05) is 11.6 Å². The molecule has 0 saturated heterocycles. The van der Waals surface area contributed by atoms with E-state index >= 15 is 0 Å². The molecular weight excluding hydrogens is 200 g/mol. The van der Waals surface area contributed by atoms with Gasteiger partial charge in [0.05, 0.1) is 11.4 Å². The van der Waals surface area contributed by atoms with E-state index in [2.05, 4.69) is 45.0 Å². The second-order valence-electron chi connectivity index (χ2n) is 5.06. The molecule has 4 heteroatoms. The highest BCUT2D eigenvalue weighted by Crippen LogP contribution is 2.26. The van der Waals surface area contributed by atoms with Crippen molar-refractivity contribution in [3.63, 3.8) is 0 Å². The molecule has 1 rings (SSSR count). The monoisotopic (exact) mass is 224 g/mol. The van der Waals surface area contributed by atoms with Gasteiger partial charge in [0.1, 0.15) is 5.82 Å². The average Bonchev–Trinajstić information content (AvgIpc) is 2.45. The first-order chi connectivity index (χ1) is 7.34. The van der Waals surface area contributed by atoms with Crippen LogP contribution in [-0.4, -0.2) is 15.8 Å². The third-order valence-corrected chi connectivity index (χ3v) is 2.99. The van der Waals surface area contributed by atoms with E-state index in [4.69, 9.17) is 5.73 Å². The Bertz CT molecular complexity index is 352. The maximum Gasteiger partial charge on any atom is 0.148 e. The van der Waals surface area contributed by atoms with Gasteiger partial charge in [0, 0.05) is 12.1 Å². The van der Waals surface area contributed by atoms with E-state index in [0.717, 1.165) is 17.2 Å². The lowest BCUT2D eigenvalue weighted by molar-refractivity contribution is 0.514. The highest BCUT2D eigenvalue weighted by molar-refractivity contribution is 5.65. The Morgan fingerprint density at radius 2 is 1.75 bits per heavy atom. The lowest BCUT2D eigenvalue weighted by Gasteiger charge is -2.21. The van der Waals surface area contributed by atoms with Crippen molar-refractivity contribution in [3.8, 4) is 0 Å². The number of hydrogen-bond acceptors (Lipinski definition) is 3. The molecule has 3 N–H and O–H groups in total. The third-order valence-electron chi connectivity index (χ3n) is 2.99. The number of aryl methyl sites for hydroxylation is 1. The first-order valence-corrected chi connectivity index (χ1v) is 5.95. The number of aromatic nitrogens is 2. The minimum absolute atomic E-state index is 0.317. The van der Waals surface area contributed by atoms with Gasteiger partial charge >= 0.3 is 0 Å². The van der Waals surface area contributed by atoms with Crippen molar-refractivity contribution in [1.29, 1.82) is 0 Å². The fourth-order valence-electron chi connectivity index (χ4n) is 1.46. The van der Waals surface area contributed by atoms with Crippen LogP contribution in [0.2, 0.25) is 0 Å². The van der Waals surface area contributed by atoms with Gasteiger partial charge in [0.25, 0.3) is 0 Å². The Labute approximate surface area is 98.2 Å². The molecule has 0 amide bonds. The summed E-state index contributed by atoms with van der Waals surface area (Å²) in [7, 11) is 0. The fraction of sp³-hybridized carbons (Fsp3) is 0.750. The Morgan fingerprint density at radius 3 is 2.19 bits per heavy atom. The molecule has 0 bridgehead atoms. The molecule has 1 unspecified atom stereocenters. The third kappa shape index (κ3) is 2.49. The van der Waals surface area contributed by atoms with E-state index in [9.17, 15) is 0 Å². The minimum Gasteiger partial charge on any atom is -0.394 e. The van der Waals surface area contributed by atoms with Gasteiger partial charge in [-0.2, -0.15) is 5.10 Å². The second-order valence-corrected chi connectivity index (χ2v) is 5.06. The Kier molecular flexibility index (Phi) is 3.83. The Hall–Kier alpha value is -1.19. The largest absolute Gasteiger partial charge is 0.394 e. The van der Waals surface area contributed by atoms with E-state index in [0.29, 0.717) is 18.0 Å². The van der Waals surface area contributed by atoms with E-state index < -0.39 is 0 Å². The summed E-state index contributed by atoms with van der Waals surface area (Å²) in [4.78, 5) is 0. The van der Waals surface area contributed by atoms with E-state index in [-0.39, 0.29) is 0 Å². The van der Waals surface area contributed by atoms with Crippen molar-refractivity contribution < 1.29 is 0 Å². The van der Waals surface area contributed by atoms with Crippen molar-refractivity contribution in [3.05, 3.63) is 5.69 Å². The number of nitrogen functional groups attached to an aromatic ring is 1. The van der Waals surface area contributed by atoms with Crippen LogP contribution in [0, 0.1) is 12.8 Å². The lowest BCUT2D eigenvalue weighted by Crippen LogP contribution is -2.24. The Balaban J connectivity index is 3.02. The first kappa shape index (κ1) is 12.9. The van der Waals surface area contributed by atoms with Crippen LogP contribution in [0.1, 0.15) is 46.4 Å². The molecule has 4 nitrogen and oxygen atoms in total. The number of anilines is 2. The van der Waals surface area contributed by atoms with Gasteiger partial charge in [-0.25, -0.2) is 4.68 Å². The van der Waals surface area contributed by atoms with Crippen LogP contribution in [0.5, 0.6) is 0 Å². The van der Waals surface area contributed by atoms with Gasteiger partial charge in [-0.1, -0.05) is 13.8 Å². The SMILES string of the molecule is Cc1nn(C(C)C)c(NC(C)C(C)C)c1N. The summed E-state index contributed by atoms with van der Waals surface area (Å²) in [6, 6.07) is 0.703. The van der Waals surface area contributed by atoms with Crippen LogP contribution in [0.3, 0.4) is 0 Å². The van der Waals surface area contributed by atoms with E-state index in [1.54, 1.807) is 0 Å². The van der Waals surface area contributed by atoms with E-state index in [1.165, 1.54) is 0 Å². The normalized spacial score (nSPS) is 13.5. The standard InChI is InChI=1S/C12H24N4/c1-7(2)9(5)14-12-11(13)10(6)15-16(12)8(3)4/h7-9,14H,13H2,1-6H3. The molecule has 0 aliphatic heterocycles. The van der Waals surface area contributed by atoms with Crippen molar-refractivity contribution in [1.82, 2.24) is 9.78 Å². The van der Waals surface area contributed by atoms with Crippen molar-refractivity contribution in [2.45, 2.75) is 53.6 Å². The molecular formula is C12H24N4. The maximum absolute atomic E-state index is 6.04. The molecule has 0 aromatic carbocycles. The summed E-state index contributed by atoms with van der Waals surface area (Å²) in [5.74, 6) is 1.52. The van der Waals surface area contributed by atoms with Gasteiger partial charge in [-0.05, 0) is 33.6 Å². The van der Waals surface area contributed by atoms with Crippen LogP contribution in [0.15, 0.2) is 0 Å². The smallest absolute Gasteiger partial charge is 0.148 e. The van der Waals surface area contributed by atoms with Crippen LogP contribution in [-0.2, 0) is 0 Å². The maximum atomic E-state index is 6.04. The minimum atomic E-state index is 0.317. The number of nitrogens with two attached hydrogens (primary N) is 1. The van der Waals surface area contributed by atoms with Crippen LogP contribution in [0.4, 0.5) is 11.5 Å². The van der Waals surface area contributed by atoms with Crippen molar-refractivity contribution >= 4 is 11.5 Å². The molecule has 1 aromatic heterocycles. The molecule has 16 heavy (non-hydrogen) atoms. The molecule has 1 atom stereocenters. The number of rotatable bonds is 4. The number of hydrogen-bond donors (Lipinski definition) is 2. The van der Waals surface area contributed by atoms with Crippen LogP contribution < -0.4 is 11.1 Å². The lowest BCUT2D eigenvalue weighted by atomic mass is 10.1. The highest BCUT2D eigenvalue weighted by atomic mass is 15.4. The average molecular weight is 224 g/mol. The zero-order valence-electron chi connectivity index (χ0n) is 11.2. The molecule has 0 aliphatic carbocycles. The molecule has 0 saturated carbocycles. The number of nitrogens with zero attached hydrogens (tertiary/aromatic N) is 2. The predicted octanol–water partition coefficient (Wildman–Crippen LogP) is 2.81. The molecule has 0 radical (unpaired) electrons. The first-order valence-electron chi connectivity index (χ1n) is 5.95. The fourth-order valence-corrected chi connectivity index (χ4v) is 1.46. The van der Waals surface area contributed by atoms with Gasteiger partial charge < -0.3 is 11.1 Å². The zero-order chi connectivity index (χ0) is 12.5. The number of nitrogens with one attached hydrogen (secondary N) is 1. The summed E-state index contributed by atoms with van der Waals surface area (Å²) in [6.07, 6.45) is 0. The summed E-state index contributed by atoms with van der Waals surface area (Å²) < 4.78 is 1.96. The molecule has 92 valence electrons. The zero-order valence-corrected chi connectivity index (χ0v) is 11.2. The summed E-state index contributed by atoms with van der Waals surface area (Å²) in [6.45, 7) is 12.7. The van der Waals surface area contributed by atoms with Crippen LogP contribution >= 0.6 is 0 Å². The summed E-state index contributed by atoms with van der Waals surface area (Å²) >= 11 is 0. The molecule has 1 heterocycles. The highest BCUT2D eigenvalue weighted by Gasteiger charge is 2.17. The summed E-state index contributed by atoms with van der Waals surface area (Å²) in [5.41, 5.74) is 7.70.